The van der Waals surface area contributed by atoms with Gasteiger partial charge in [-0.05, 0) is 5.56 Å². The van der Waals surface area contributed by atoms with Gasteiger partial charge in [-0.2, -0.15) is 0 Å². The van der Waals surface area contributed by atoms with E-state index in [0.717, 1.165) is 5.56 Å². The topological polar surface area (TPSA) is 130 Å². The number of rotatable bonds is 7. The van der Waals surface area contributed by atoms with Gasteiger partial charge in [0.15, 0.2) is 6.10 Å². The Labute approximate surface area is 116 Å². The first-order chi connectivity index (χ1) is 9.47. The molecule has 4 atom stereocenters. The second-order valence-electron chi connectivity index (χ2n) is 4.38. The Morgan fingerprint density at radius 2 is 1.65 bits per heavy atom. The van der Waals surface area contributed by atoms with E-state index in [1.54, 1.807) is 24.3 Å². The zero-order valence-electron chi connectivity index (χ0n) is 10.8. The summed E-state index contributed by atoms with van der Waals surface area (Å²) in [5.74, 6) is -0.884. The molecule has 0 radical (unpaired) electrons. The van der Waals surface area contributed by atoms with Crippen molar-refractivity contribution >= 4 is 5.91 Å². The highest BCUT2D eigenvalue weighted by Gasteiger charge is 2.33. The van der Waals surface area contributed by atoms with Gasteiger partial charge in [0, 0.05) is 6.54 Å². The third-order valence-corrected chi connectivity index (χ3v) is 2.83. The van der Waals surface area contributed by atoms with Gasteiger partial charge in [-0.1, -0.05) is 30.3 Å². The molecule has 20 heavy (non-hydrogen) atoms. The van der Waals surface area contributed by atoms with E-state index in [1.807, 2.05) is 6.07 Å². The van der Waals surface area contributed by atoms with Crippen LogP contribution in [0.1, 0.15) is 5.56 Å². The van der Waals surface area contributed by atoms with E-state index in [4.69, 9.17) is 10.2 Å². The summed E-state index contributed by atoms with van der Waals surface area (Å²) in [6.07, 6.45) is -7.26. The highest BCUT2D eigenvalue weighted by atomic mass is 16.4. The fraction of sp³-hybridized carbons (Fsp3) is 0.462. The fourth-order valence-corrected chi connectivity index (χ4v) is 1.57. The van der Waals surface area contributed by atoms with Gasteiger partial charge in [-0.3, -0.25) is 4.79 Å². The molecule has 0 spiro atoms. The predicted molar refractivity (Wildman–Crippen MR) is 69.4 cm³/mol. The average molecular weight is 285 g/mol. The molecule has 1 rings (SSSR count). The van der Waals surface area contributed by atoms with Gasteiger partial charge in [-0.15, -0.1) is 0 Å². The SMILES string of the molecule is O=C(NCc1ccccc1)[C@H](O)[C@@H](O)[C@H](O)[C@H](O)CO. The molecule has 0 bridgehead atoms. The molecule has 0 aromatic heterocycles. The molecule has 0 saturated carbocycles. The van der Waals surface area contributed by atoms with E-state index in [2.05, 4.69) is 5.32 Å². The lowest BCUT2D eigenvalue weighted by atomic mass is 10.0. The summed E-state index contributed by atoms with van der Waals surface area (Å²) in [5, 5.41) is 48.6. The van der Waals surface area contributed by atoms with Gasteiger partial charge < -0.3 is 30.8 Å². The molecule has 1 aromatic rings. The summed E-state index contributed by atoms with van der Waals surface area (Å²) in [6.45, 7) is -0.640. The molecule has 0 aliphatic carbocycles. The second-order valence-corrected chi connectivity index (χ2v) is 4.38. The van der Waals surface area contributed by atoms with Crippen molar-refractivity contribution in [3.63, 3.8) is 0 Å². The predicted octanol–water partition coefficient (Wildman–Crippen LogP) is -2.26. The lowest BCUT2D eigenvalue weighted by Crippen LogP contribution is -2.51. The largest absolute Gasteiger partial charge is 0.394 e. The number of aliphatic hydroxyl groups excluding tert-OH is 5. The molecular weight excluding hydrogens is 266 g/mol. The minimum Gasteiger partial charge on any atom is -0.394 e. The maximum absolute atomic E-state index is 11.6. The van der Waals surface area contributed by atoms with E-state index in [9.17, 15) is 20.1 Å². The van der Waals surface area contributed by atoms with Gasteiger partial charge >= 0.3 is 0 Å². The Kier molecular flexibility index (Phi) is 6.56. The molecule has 1 aromatic carbocycles. The molecule has 0 aliphatic heterocycles. The van der Waals surface area contributed by atoms with Crippen LogP contribution >= 0.6 is 0 Å². The van der Waals surface area contributed by atoms with Gasteiger partial charge in [-0.25, -0.2) is 0 Å². The van der Waals surface area contributed by atoms with Gasteiger partial charge in [0.2, 0.25) is 0 Å². The number of carbonyl (C=O) groups is 1. The zero-order chi connectivity index (χ0) is 15.1. The van der Waals surface area contributed by atoms with Crippen molar-refractivity contribution in [2.75, 3.05) is 6.61 Å². The van der Waals surface area contributed by atoms with Gasteiger partial charge in [0.1, 0.15) is 18.3 Å². The van der Waals surface area contributed by atoms with E-state index < -0.39 is 36.9 Å². The van der Waals surface area contributed by atoms with Crippen LogP contribution in [0.25, 0.3) is 0 Å². The third kappa shape index (κ3) is 4.55. The molecule has 0 unspecified atom stereocenters. The van der Waals surface area contributed by atoms with Crippen LogP contribution in [-0.4, -0.2) is 62.5 Å². The molecular formula is C13H19NO6. The molecule has 7 heteroatoms. The second kappa shape index (κ2) is 7.93. The van der Waals surface area contributed by atoms with Crippen molar-refractivity contribution in [2.45, 2.75) is 31.0 Å². The maximum atomic E-state index is 11.6. The van der Waals surface area contributed by atoms with Crippen molar-refractivity contribution in [2.24, 2.45) is 0 Å². The normalized spacial score (nSPS) is 17.1. The smallest absolute Gasteiger partial charge is 0.251 e. The molecule has 112 valence electrons. The first-order valence-corrected chi connectivity index (χ1v) is 6.12. The lowest BCUT2D eigenvalue weighted by Gasteiger charge is -2.24. The van der Waals surface area contributed by atoms with Crippen LogP contribution in [-0.2, 0) is 11.3 Å². The first-order valence-electron chi connectivity index (χ1n) is 6.12. The van der Waals surface area contributed by atoms with Crippen LogP contribution in [0, 0.1) is 0 Å². The summed E-state index contributed by atoms with van der Waals surface area (Å²) in [6, 6.07) is 8.93. The number of aliphatic hydroxyl groups is 5. The van der Waals surface area contributed by atoms with Crippen LogP contribution < -0.4 is 5.32 Å². The minimum atomic E-state index is -1.91. The van der Waals surface area contributed by atoms with E-state index in [-0.39, 0.29) is 6.54 Å². The van der Waals surface area contributed by atoms with Crippen LogP contribution in [0.5, 0.6) is 0 Å². The van der Waals surface area contributed by atoms with E-state index >= 15 is 0 Å². The molecule has 0 heterocycles. The zero-order valence-corrected chi connectivity index (χ0v) is 10.8. The molecule has 6 N–H and O–H groups in total. The Balaban J connectivity index is 2.50. The summed E-state index contributed by atoms with van der Waals surface area (Å²) in [7, 11) is 0. The van der Waals surface area contributed by atoms with Crippen molar-refractivity contribution in [1.82, 2.24) is 5.32 Å². The van der Waals surface area contributed by atoms with Crippen molar-refractivity contribution in [3.8, 4) is 0 Å². The monoisotopic (exact) mass is 285 g/mol. The quantitative estimate of drug-likeness (QED) is 0.335. The highest BCUT2D eigenvalue weighted by molar-refractivity contribution is 5.81. The molecule has 7 nitrogen and oxygen atoms in total. The number of nitrogens with one attached hydrogen (secondary N) is 1. The third-order valence-electron chi connectivity index (χ3n) is 2.83. The molecule has 0 fully saturated rings. The highest BCUT2D eigenvalue weighted by Crippen LogP contribution is 2.06. The minimum absolute atomic E-state index is 0.155. The Morgan fingerprint density at radius 1 is 1.05 bits per heavy atom. The number of carbonyl (C=O) groups excluding carboxylic acids is 1. The number of amides is 1. The molecule has 1 amide bonds. The summed E-state index contributed by atoms with van der Waals surface area (Å²) >= 11 is 0. The number of hydrogen-bond acceptors (Lipinski definition) is 6. The van der Waals surface area contributed by atoms with Crippen LogP contribution in [0.2, 0.25) is 0 Å². The van der Waals surface area contributed by atoms with Crippen molar-refractivity contribution < 1.29 is 30.3 Å². The summed E-state index contributed by atoms with van der Waals surface area (Å²) < 4.78 is 0. The Bertz CT molecular complexity index is 413. The van der Waals surface area contributed by atoms with E-state index in [1.165, 1.54) is 0 Å². The van der Waals surface area contributed by atoms with Crippen molar-refractivity contribution in [1.29, 1.82) is 0 Å². The standard InChI is InChI=1S/C13H19NO6/c15-7-9(16)10(17)11(18)12(19)13(20)14-6-8-4-2-1-3-5-8/h1-5,9-12,15-19H,6-7H2,(H,14,20)/t9-,10-,11+,12-/m1/s1. The Morgan fingerprint density at radius 3 is 2.20 bits per heavy atom. The Hall–Kier alpha value is -1.51. The van der Waals surface area contributed by atoms with Crippen LogP contribution in [0.15, 0.2) is 30.3 Å². The van der Waals surface area contributed by atoms with Crippen LogP contribution in [0.3, 0.4) is 0 Å². The lowest BCUT2D eigenvalue weighted by molar-refractivity contribution is -0.149. The average Bonchev–Trinajstić information content (AvgIpc) is 2.50. The fourth-order valence-electron chi connectivity index (χ4n) is 1.57. The summed E-state index contributed by atoms with van der Waals surface area (Å²) in [4.78, 5) is 11.6. The van der Waals surface area contributed by atoms with E-state index in [0.29, 0.717) is 0 Å². The number of hydrogen-bond donors (Lipinski definition) is 6. The van der Waals surface area contributed by atoms with Crippen molar-refractivity contribution in [3.05, 3.63) is 35.9 Å². The first kappa shape index (κ1) is 16.5. The molecule has 0 aliphatic rings. The van der Waals surface area contributed by atoms with Gasteiger partial charge in [0.25, 0.3) is 5.91 Å². The number of benzene rings is 1. The molecule has 0 saturated heterocycles. The maximum Gasteiger partial charge on any atom is 0.251 e. The van der Waals surface area contributed by atoms with Gasteiger partial charge in [0.05, 0.1) is 6.61 Å². The van der Waals surface area contributed by atoms with Crippen LogP contribution in [0.4, 0.5) is 0 Å². The summed E-state index contributed by atoms with van der Waals surface area (Å²) in [5.41, 5.74) is 0.804.